The third kappa shape index (κ3) is 3.27. The van der Waals surface area contributed by atoms with Crippen molar-refractivity contribution in [1.82, 2.24) is 10.2 Å². The molecule has 5 heteroatoms. The number of hydrogen-bond donors (Lipinski definition) is 2. The minimum atomic E-state index is -0.971. The molecule has 0 bridgehead atoms. The highest BCUT2D eigenvalue weighted by molar-refractivity contribution is 5.87. The van der Waals surface area contributed by atoms with E-state index in [1.54, 1.807) is 26.2 Å². The average molecular weight is 222 g/mol. The number of rotatable bonds is 3. The van der Waals surface area contributed by atoms with Crippen LogP contribution in [0.15, 0.2) is 24.3 Å². The molecule has 0 radical (unpaired) electrons. The first-order valence-electron chi connectivity index (χ1n) is 4.78. The summed E-state index contributed by atoms with van der Waals surface area (Å²) in [5.41, 5.74) is 0.978. The second kappa shape index (κ2) is 5.16. The first-order chi connectivity index (χ1) is 7.50. The van der Waals surface area contributed by atoms with Crippen LogP contribution >= 0.6 is 0 Å². The average Bonchev–Trinajstić information content (AvgIpc) is 2.26. The second-order valence-electron chi connectivity index (χ2n) is 3.56. The van der Waals surface area contributed by atoms with Gasteiger partial charge in [0.1, 0.15) is 0 Å². The summed E-state index contributed by atoms with van der Waals surface area (Å²) in [4.78, 5) is 23.4. The van der Waals surface area contributed by atoms with Gasteiger partial charge in [-0.1, -0.05) is 12.1 Å². The van der Waals surface area contributed by atoms with E-state index in [-0.39, 0.29) is 11.6 Å². The molecule has 2 N–H and O–H groups in total. The number of nitrogens with one attached hydrogen (secondary N) is 1. The first kappa shape index (κ1) is 12.0. The molecule has 16 heavy (non-hydrogen) atoms. The van der Waals surface area contributed by atoms with Gasteiger partial charge in [-0.3, -0.25) is 0 Å². The van der Waals surface area contributed by atoms with Gasteiger partial charge in [-0.15, -0.1) is 0 Å². The predicted molar refractivity (Wildman–Crippen MR) is 59.3 cm³/mol. The van der Waals surface area contributed by atoms with E-state index in [0.717, 1.165) is 5.56 Å². The Morgan fingerprint density at radius 2 is 2.06 bits per heavy atom. The number of carbonyl (C=O) groups excluding carboxylic acids is 1. The lowest BCUT2D eigenvalue weighted by Crippen LogP contribution is -2.33. The van der Waals surface area contributed by atoms with E-state index in [1.165, 1.54) is 17.0 Å². The highest BCUT2D eigenvalue weighted by Gasteiger charge is 2.05. The Balaban J connectivity index is 2.64. The van der Waals surface area contributed by atoms with Crippen LogP contribution < -0.4 is 5.32 Å². The Hall–Kier alpha value is -2.04. The number of amides is 2. The number of carboxylic acid groups (broad SMARTS) is 1. The Morgan fingerprint density at radius 3 is 2.62 bits per heavy atom. The third-order valence-corrected chi connectivity index (χ3v) is 2.02. The zero-order chi connectivity index (χ0) is 12.1. The van der Waals surface area contributed by atoms with Crippen molar-refractivity contribution >= 4 is 12.0 Å². The lowest BCUT2D eigenvalue weighted by atomic mass is 10.1. The van der Waals surface area contributed by atoms with E-state index >= 15 is 0 Å². The van der Waals surface area contributed by atoms with E-state index < -0.39 is 5.97 Å². The molecule has 0 saturated carbocycles. The Labute approximate surface area is 93.7 Å². The number of benzene rings is 1. The van der Waals surface area contributed by atoms with E-state index in [9.17, 15) is 9.59 Å². The van der Waals surface area contributed by atoms with Gasteiger partial charge in [0.25, 0.3) is 0 Å². The van der Waals surface area contributed by atoms with Crippen LogP contribution in [0.25, 0.3) is 0 Å². The molecule has 0 fully saturated rings. The molecule has 0 aliphatic heterocycles. The highest BCUT2D eigenvalue weighted by atomic mass is 16.4. The van der Waals surface area contributed by atoms with Crippen LogP contribution in [0.5, 0.6) is 0 Å². The molecule has 1 aromatic carbocycles. The van der Waals surface area contributed by atoms with Gasteiger partial charge in [0.2, 0.25) is 0 Å². The molecule has 5 nitrogen and oxygen atoms in total. The van der Waals surface area contributed by atoms with Crippen molar-refractivity contribution < 1.29 is 14.7 Å². The highest BCUT2D eigenvalue weighted by Crippen LogP contribution is 2.05. The summed E-state index contributed by atoms with van der Waals surface area (Å²) in [6.45, 7) is 0.318. The molecule has 0 atom stereocenters. The molecule has 0 aliphatic carbocycles. The van der Waals surface area contributed by atoms with Crippen molar-refractivity contribution in [3.05, 3.63) is 35.4 Å². The number of carbonyl (C=O) groups is 2. The van der Waals surface area contributed by atoms with E-state index in [1.807, 2.05) is 0 Å². The fraction of sp³-hybridized carbons (Fsp3) is 0.273. The summed E-state index contributed by atoms with van der Waals surface area (Å²) in [5, 5.41) is 11.4. The van der Waals surface area contributed by atoms with Crippen molar-refractivity contribution in [1.29, 1.82) is 0 Å². The van der Waals surface area contributed by atoms with E-state index in [4.69, 9.17) is 5.11 Å². The molecule has 0 unspecified atom stereocenters. The summed E-state index contributed by atoms with van der Waals surface area (Å²) >= 11 is 0. The quantitative estimate of drug-likeness (QED) is 0.806. The summed E-state index contributed by atoms with van der Waals surface area (Å²) in [6.07, 6.45) is 0. The van der Waals surface area contributed by atoms with Gasteiger partial charge >= 0.3 is 12.0 Å². The third-order valence-electron chi connectivity index (χ3n) is 2.02. The maximum absolute atomic E-state index is 11.2. The van der Waals surface area contributed by atoms with Crippen LogP contribution in [0.2, 0.25) is 0 Å². The minimum Gasteiger partial charge on any atom is -0.478 e. The second-order valence-corrected chi connectivity index (χ2v) is 3.56. The standard InChI is InChI=1S/C11H14N2O3/c1-13(2)11(16)12-7-8-4-3-5-9(6-8)10(14)15/h3-6H,7H2,1-2H3,(H,12,16)(H,14,15). The molecular formula is C11H14N2O3. The smallest absolute Gasteiger partial charge is 0.335 e. The van der Waals surface area contributed by atoms with Gasteiger partial charge in [-0.05, 0) is 17.7 Å². The minimum absolute atomic E-state index is 0.208. The van der Waals surface area contributed by atoms with Crippen LogP contribution in [0.4, 0.5) is 4.79 Å². The topological polar surface area (TPSA) is 69.6 Å². The largest absolute Gasteiger partial charge is 0.478 e. The van der Waals surface area contributed by atoms with Crippen molar-refractivity contribution in [2.75, 3.05) is 14.1 Å². The lowest BCUT2D eigenvalue weighted by molar-refractivity contribution is 0.0696. The number of aromatic carboxylic acids is 1. The molecule has 2 amide bonds. The molecule has 0 aliphatic rings. The molecule has 0 aromatic heterocycles. The van der Waals surface area contributed by atoms with Gasteiger partial charge in [-0.25, -0.2) is 9.59 Å². The van der Waals surface area contributed by atoms with Crippen LogP contribution in [0.3, 0.4) is 0 Å². The zero-order valence-electron chi connectivity index (χ0n) is 9.23. The Bertz CT molecular complexity index is 402. The Kier molecular flexibility index (Phi) is 3.88. The van der Waals surface area contributed by atoms with Crippen LogP contribution in [-0.4, -0.2) is 36.1 Å². The summed E-state index contributed by atoms with van der Waals surface area (Å²) in [7, 11) is 3.28. The molecule has 86 valence electrons. The molecular weight excluding hydrogens is 208 g/mol. The first-order valence-corrected chi connectivity index (χ1v) is 4.78. The number of hydrogen-bond acceptors (Lipinski definition) is 2. The van der Waals surface area contributed by atoms with Crippen LogP contribution in [0.1, 0.15) is 15.9 Å². The van der Waals surface area contributed by atoms with Gasteiger partial charge < -0.3 is 15.3 Å². The van der Waals surface area contributed by atoms with Gasteiger partial charge in [0.05, 0.1) is 5.56 Å². The van der Waals surface area contributed by atoms with Crippen molar-refractivity contribution in [2.45, 2.75) is 6.54 Å². The number of urea groups is 1. The maximum Gasteiger partial charge on any atom is 0.335 e. The van der Waals surface area contributed by atoms with Gasteiger partial charge in [0.15, 0.2) is 0 Å². The van der Waals surface area contributed by atoms with E-state index in [0.29, 0.717) is 6.54 Å². The van der Waals surface area contributed by atoms with Gasteiger partial charge in [-0.2, -0.15) is 0 Å². The van der Waals surface area contributed by atoms with Crippen LogP contribution in [-0.2, 0) is 6.54 Å². The number of nitrogens with zero attached hydrogens (tertiary/aromatic N) is 1. The fourth-order valence-corrected chi connectivity index (χ4v) is 1.15. The molecule has 0 spiro atoms. The van der Waals surface area contributed by atoms with Crippen molar-refractivity contribution in [3.8, 4) is 0 Å². The SMILES string of the molecule is CN(C)C(=O)NCc1cccc(C(=O)O)c1. The molecule has 0 heterocycles. The lowest BCUT2D eigenvalue weighted by Gasteiger charge is -2.11. The van der Waals surface area contributed by atoms with Crippen LogP contribution in [0, 0.1) is 0 Å². The van der Waals surface area contributed by atoms with Crippen molar-refractivity contribution in [2.24, 2.45) is 0 Å². The monoisotopic (exact) mass is 222 g/mol. The van der Waals surface area contributed by atoms with E-state index in [2.05, 4.69) is 5.32 Å². The molecule has 1 aromatic rings. The van der Waals surface area contributed by atoms with Gasteiger partial charge in [0, 0.05) is 20.6 Å². The zero-order valence-corrected chi connectivity index (χ0v) is 9.23. The fourth-order valence-electron chi connectivity index (χ4n) is 1.15. The number of carboxylic acids is 1. The van der Waals surface area contributed by atoms with Crippen molar-refractivity contribution in [3.63, 3.8) is 0 Å². The predicted octanol–water partition coefficient (Wildman–Crippen LogP) is 1.16. The normalized spacial score (nSPS) is 9.62. The molecule has 1 rings (SSSR count). The maximum atomic E-state index is 11.2. The molecule has 0 saturated heterocycles. The Morgan fingerprint density at radius 1 is 1.38 bits per heavy atom. The summed E-state index contributed by atoms with van der Waals surface area (Å²) < 4.78 is 0. The summed E-state index contributed by atoms with van der Waals surface area (Å²) in [6, 6.07) is 6.27. The summed E-state index contributed by atoms with van der Waals surface area (Å²) in [5.74, 6) is -0.971.